The first-order chi connectivity index (χ1) is 12.1. The van der Waals surface area contributed by atoms with E-state index in [1.54, 1.807) is 0 Å². The fraction of sp³-hybridized carbons (Fsp3) is 0.167. The van der Waals surface area contributed by atoms with E-state index in [0.717, 1.165) is 15.6 Å². The Bertz CT molecular complexity index is 837. The van der Waals surface area contributed by atoms with Gasteiger partial charge in [-0.25, -0.2) is 0 Å². The number of aromatic nitrogens is 2. The first-order valence-corrected chi connectivity index (χ1v) is 9.37. The van der Waals surface area contributed by atoms with Crippen molar-refractivity contribution in [1.82, 2.24) is 15.5 Å². The number of thioether (sulfide) groups is 1. The first kappa shape index (κ1) is 17.7. The van der Waals surface area contributed by atoms with Crippen LogP contribution in [0.4, 0.5) is 0 Å². The van der Waals surface area contributed by atoms with Crippen LogP contribution in [0.3, 0.4) is 0 Å². The van der Waals surface area contributed by atoms with Crippen molar-refractivity contribution in [3.8, 4) is 11.5 Å². The second-order valence-corrected chi connectivity index (χ2v) is 7.55. The summed E-state index contributed by atoms with van der Waals surface area (Å²) in [6, 6.07) is 17.4. The van der Waals surface area contributed by atoms with Crippen molar-refractivity contribution in [2.75, 3.05) is 0 Å². The van der Waals surface area contributed by atoms with E-state index in [9.17, 15) is 4.79 Å². The lowest BCUT2D eigenvalue weighted by molar-refractivity contribution is -0.120. The minimum absolute atomic E-state index is 0.0720. The molecule has 1 amide bonds. The average molecular weight is 418 g/mol. The van der Waals surface area contributed by atoms with Crippen LogP contribution in [0.25, 0.3) is 11.5 Å². The molecule has 1 heterocycles. The van der Waals surface area contributed by atoms with Crippen LogP contribution in [0.15, 0.2) is 68.7 Å². The van der Waals surface area contributed by atoms with Crippen molar-refractivity contribution < 1.29 is 9.21 Å². The second-order valence-electron chi connectivity index (χ2n) is 5.34. The molecule has 0 bridgehead atoms. The normalized spacial score (nSPS) is 11.9. The number of amides is 1. The van der Waals surface area contributed by atoms with E-state index < -0.39 is 0 Å². The van der Waals surface area contributed by atoms with Crippen molar-refractivity contribution in [2.45, 2.75) is 23.9 Å². The maximum absolute atomic E-state index is 12.2. The molecule has 5 nitrogen and oxygen atoms in total. The van der Waals surface area contributed by atoms with Gasteiger partial charge in [-0.1, -0.05) is 58.0 Å². The van der Waals surface area contributed by atoms with Gasteiger partial charge in [-0.3, -0.25) is 4.79 Å². The largest absolute Gasteiger partial charge is 0.411 e. The summed E-state index contributed by atoms with van der Waals surface area (Å²) in [6.45, 7) is 2.31. The van der Waals surface area contributed by atoms with Crippen LogP contribution in [0.5, 0.6) is 0 Å². The molecule has 0 saturated carbocycles. The standard InChI is InChI=1S/C18H16BrN3O2S/c1-12(16(23)20-11-13-5-3-2-4-6-13)25-18-22-21-17(24-18)14-7-9-15(19)10-8-14/h2-10,12H,11H2,1H3,(H,20,23). The van der Waals surface area contributed by atoms with E-state index >= 15 is 0 Å². The second kappa shape index (κ2) is 8.31. The van der Waals surface area contributed by atoms with Gasteiger partial charge in [0, 0.05) is 16.6 Å². The lowest BCUT2D eigenvalue weighted by Crippen LogP contribution is -2.30. The molecule has 1 unspecified atom stereocenters. The van der Waals surface area contributed by atoms with Gasteiger partial charge in [-0.2, -0.15) is 0 Å². The molecule has 0 aliphatic heterocycles. The lowest BCUT2D eigenvalue weighted by Gasteiger charge is -2.09. The highest BCUT2D eigenvalue weighted by molar-refractivity contribution is 9.10. The van der Waals surface area contributed by atoms with Gasteiger partial charge in [0.1, 0.15) is 0 Å². The van der Waals surface area contributed by atoms with Gasteiger partial charge in [0.2, 0.25) is 11.8 Å². The fourth-order valence-electron chi connectivity index (χ4n) is 2.10. The summed E-state index contributed by atoms with van der Waals surface area (Å²) in [7, 11) is 0. The molecule has 0 fully saturated rings. The quantitative estimate of drug-likeness (QED) is 0.605. The molecule has 25 heavy (non-hydrogen) atoms. The highest BCUT2D eigenvalue weighted by Crippen LogP contribution is 2.26. The predicted molar refractivity (Wildman–Crippen MR) is 101 cm³/mol. The molecule has 3 rings (SSSR count). The fourth-order valence-corrected chi connectivity index (χ4v) is 3.07. The Balaban J connectivity index is 1.56. The van der Waals surface area contributed by atoms with Crippen molar-refractivity contribution in [3.63, 3.8) is 0 Å². The predicted octanol–water partition coefficient (Wildman–Crippen LogP) is 4.30. The van der Waals surface area contributed by atoms with E-state index in [-0.39, 0.29) is 11.2 Å². The average Bonchev–Trinajstić information content (AvgIpc) is 3.09. The van der Waals surface area contributed by atoms with E-state index in [0.29, 0.717) is 17.7 Å². The summed E-state index contributed by atoms with van der Waals surface area (Å²) in [5.74, 6) is 0.365. The number of hydrogen-bond acceptors (Lipinski definition) is 5. The van der Waals surface area contributed by atoms with Crippen molar-refractivity contribution in [1.29, 1.82) is 0 Å². The van der Waals surface area contributed by atoms with Crippen LogP contribution in [0, 0.1) is 0 Å². The SMILES string of the molecule is CC(Sc1nnc(-c2ccc(Br)cc2)o1)C(=O)NCc1ccccc1. The molecule has 1 N–H and O–H groups in total. The first-order valence-electron chi connectivity index (χ1n) is 7.69. The zero-order valence-electron chi connectivity index (χ0n) is 13.5. The van der Waals surface area contributed by atoms with Crippen LogP contribution in [-0.2, 0) is 11.3 Å². The molecule has 3 aromatic rings. The van der Waals surface area contributed by atoms with E-state index in [2.05, 4.69) is 31.4 Å². The molecule has 0 aliphatic rings. The monoisotopic (exact) mass is 417 g/mol. The van der Waals surface area contributed by atoms with Gasteiger partial charge in [0.15, 0.2) is 0 Å². The van der Waals surface area contributed by atoms with Crippen LogP contribution in [0.1, 0.15) is 12.5 Å². The van der Waals surface area contributed by atoms with Crippen molar-refractivity contribution in [3.05, 3.63) is 64.6 Å². The molecular weight excluding hydrogens is 402 g/mol. The third kappa shape index (κ3) is 4.93. The number of hydrogen-bond donors (Lipinski definition) is 1. The number of benzene rings is 2. The van der Waals surface area contributed by atoms with Gasteiger partial charge >= 0.3 is 0 Å². The molecule has 1 atom stereocenters. The lowest BCUT2D eigenvalue weighted by atomic mass is 10.2. The van der Waals surface area contributed by atoms with Gasteiger partial charge in [-0.15, -0.1) is 10.2 Å². The third-order valence-corrected chi connectivity index (χ3v) is 4.92. The Morgan fingerprint density at radius 2 is 1.88 bits per heavy atom. The zero-order valence-corrected chi connectivity index (χ0v) is 15.9. The Morgan fingerprint density at radius 3 is 2.60 bits per heavy atom. The number of nitrogens with one attached hydrogen (secondary N) is 1. The maximum Gasteiger partial charge on any atom is 0.277 e. The number of carbonyl (C=O) groups excluding carboxylic acids is 1. The Labute approximate surface area is 158 Å². The molecule has 2 aromatic carbocycles. The van der Waals surface area contributed by atoms with Crippen molar-refractivity contribution in [2.24, 2.45) is 0 Å². The molecule has 0 saturated heterocycles. The summed E-state index contributed by atoms with van der Waals surface area (Å²) < 4.78 is 6.62. The van der Waals surface area contributed by atoms with Crippen LogP contribution in [0.2, 0.25) is 0 Å². The van der Waals surface area contributed by atoms with Gasteiger partial charge in [-0.05, 0) is 36.8 Å². The van der Waals surface area contributed by atoms with Crippen molar-refractivity contribution >= 4 is 33.6 Å². The maximum atomic E-state index is 12.2. The van der Waals surface area contributed by atoms with Crippen LogP contribution in [-0.4, -0.2) is 21.4 Å². The molecular formula is C18H16BrN3O2S. The van der Waals surface area contributed by atoms with E-state index in [1.165, 1.54) is 11.8 Å². The summed E-state index contributed by atoms with van der Waals surface area (Å²) in [5.41, 5.74) is 1.90. The molecule has 1 aromatic heterocycles. The number of nitrogens with zero attached hydrogens (tertiary/aromatic N) is 2. The highest BCUT2D eigenvalue weighted by atomic mass is 79.9. The minimum Gasteiger partial charge on any atom is -0.411 e. The van der Waals surface area contributed by atoms with E-state index in [1.807, 2.05) is 61.5 Å². The Morgan fingerprint density at radius 1 is 1.16 bits per heavy atom. The van der Waals surface area contributed by atoms with E-state index in [4.69, 9.17) is 4.42 Å². The number of rotatable bonds is 6. The van der Waals surface area contributed by atoms with Gasteiger partial charge in [0.05, 0.1) is 5.25 Å². The van der Waals surface area contributed by atoms with Crippen LogP contribution < -0.4 is 5.32 Å². The molecule has 0 aliphatic carbocycles. The van der Waals surface area contributed by atoms with Crippen LogP contribution >= 0.6 is 27.7 Å². The Hall–Kier alpha value is -2.12. The molecule has 7 heteroatoms. The summed E-state index contributed by atoms with van der Waals surface area (Å²) in [6.07, 6.45) is 0. The third-order valence-electron chi connectivity index (χ3n) is 3.45. The number of carbonyl (C=O) groups is 1. The summed E-state index contributed by atoms with van der Waals surface area (Å²) in [4.78, 5) is 12.2. The van der Waals surface area contributed by atoms with Gasteiger partial charge in [0.25, 0.3) is 5.22 Å². The number of halogens is 1. The molecule has 128 valence electrons. The topological polar surface area (TPSA) is 68.0 Å². The summed E-state index contributed by atoms with van der Waals surface area (Å²) >= 11 is 4.63. The van der Waals surface area contributed by atoms with Gasteiger partial charge < -0.3 is 9.73 Å². The highest BCUT2D eigenvalue weighted by Gasteiger charge is 2.18. The summed E-state index contributed by atoms with van der Waals surface area (Å²) in [5, 5.41) is 11.0. The zero-order chi connectivity index (χ0) is 17.6. The smallest absolute Gasteiger partial charge is 0.277 e. The minimum atomic E-state index is -0.332. The molecule has 0 spiro atoms. The molecule has 0 radical (unpaired) electrons. The Kier molecular flexibility index (Phi) is 5.88.